The summed E-state index contributed by atoms with van der Waals surface area (Å²) in [6, 6.07) is 5.24. The lowest BCUT2D eigenvalue weighted by Crippen LogP contribution is -2.51. The summed E-state index contributed by atoms with van der Waals surface area (Å²) in [5.41, 5.74) is 0.994. The Hall–Kier alpha value is -1.21. The molecule has 6 nitrogen and oxygen atoms in total. The van der Waals surface area contributed by atoms with E-state index in [9.17, 15) is 10.0 Å². The molecule has 1 fully saturated rings. The number of fused-ring (bicyclic) bond motifs is 4. The van der Waals surface area contributed by atoms with Gasteiger partial charge in [0, 0.05) is 37.3 Å². The molecule has 0 spiro atoms. The molecule has 0 aliphatic carbocycles. The molecule has 2 atom stereocenters. The molecule has 0 saturated carbocycles. The van der Waals surface area contributed by atoms with Crippen LogP contribution in [0.2, 0.25) is 0 Å². The zero-order valence-corrected chi connectivity index (χ0v) is 9.32. The van der Waals surface area contributed by atoms with Crippen molar-refractivity contribution in [1.29, 1.82) is 0 Å². The molecular formula is C11H14N3O3-. The van der Waals surface area contributed by atoms with Gasteiger partial charge in [-0.15, -0.1) is 0 Å². The highest BCUT2D eigenvalue weighted by Gasteiger charge is 2.34. The lowest BCUT2D eigenvalue weighted by atomic mass is 9.84. The van der Waals surface area contributed by atoms with Crippen LogP contribution in [0.15, 0.2) is 23.0 Å². The van der Waals surface area contributed by atoms with E-state index < -0.39 is 0 Å². The number of rotatable bonds is 1. The summed E-state index contributed by atoms with van der Waals surface area (Å²) in [5, 5.41) is 21.2. The zero-order valence-electron chi connectivity index (χ0n) is 9.32. The number of pyridine rings is 1. The van der Waals surface area contributed by atoms with Crippen LogP contribution in [0, 0.1) is 11.1 Å². The molecular weight excluding hydrogens is 222 g/mol. The maximum atomic E-state index is 11.7. The Bertz CT molecular complexity index is 485. The van der Waals surface area contributed by atoms with Crippen molar-refractivity contribution >= 4 is 0 Å². The lowest BCUT2D eigenvalue weighted by Gasteiger charge is -2.46. The summed E-state index contributed by atoms with van der Waals surface area (Å²) in [6.45, 7) is 1.62. The topological polar surface area (TPSA) is 71.8 Å². The van der Waals surface area contributed by atoms with E-state index in [-0.39, 0.29) is 22.7 Å². The molecule has 1 aromatic heterocycles. The van der Waals surface area contributed by atoms with Crippen LogP contribution >= 0.6 is 0 Å². The van der Waals surface area contributed by atoms with Gasteiger partial charge in [0.1, 0.15) is 0 Å². The smallest absolute Gasteiger partial charge is 0.250 e. The Labute approximate surface area is 98.2 Å². The predicted molar refractivity (Wildman–Crippen MR) is 60.1 cm³/mol. The monoisotopic (exact) mass is 236 g/mol. The quantitative estimate of drug-likeness (QED) is 0.713. The molecule has 6 heteroatoms. The first kappa shape index (κ1) is 10.9. The van der Waals surface area contributed by atoms with Crippen LogP contribution in [0.1, 0.15) is 18.0 Å². The Morgan fingerprint density at radius 3 is 2.94 bits per heavy atom. The molecule has 2 bridgehead atoms. The molecule has 0 aromatic carbocycles. The van der Waals surface area contributed by atoms with E-state index in [1.807, 2.05) is 6.07 Å². The number of hydrogen-bond acceptors (Lipinski definition) is 5. The molecule has 3 heterocycles. The fourth-order valence-electron chi connectivity index (χ4n) is 3.01. The van der Waals surface area contributed by atoms with Crippen LogP contribution in [-0.4, -0.2) is 33.2 Å². The molecule has 92 valence electrons. The molecule has 0 unspecified atom stereocenters. The fourth-order valence-corrected chi connectivity index (χ4v) is 3.01. The van der Waals surface area contributed by atoms with Crippen LogP contribution in [0.5, 0.6) is 0 Å². The van der Waals surface area contributed by atoms with E-state index in [4.69, 9.17) is 5.21 Å². The van der Waals surface area contributed by atoms with Crippen LogP contribution in [0.3, 0.4) is 0 Å². The van der Waals surface area contributed by atoms with Gasteiger partial charge in [0.25, 0.3) is 5.56 Å². The highest BCUT2D eigenvalue weighted by molar-refractivity contribution is 5.16. The summed E-state index contributed by atoms with van der Waals surface area (Å²) < 4.78 is 1.79. The summed E-state index contributed by atoms with van der Waals surface area (Å²) in [7, 11) is 0. The SMILES string of the molecule is O=c1cccc2n1C[C@H]1C[C@H]2CN(N([O-])O)C1. The van der Waals surface area contributed by atoms with E-state index in [0.29, 0.717) is 19.6 Å². The Balaban J connectivity index is 1.98. The molecule has 2 aliphatic heterocycles. The van der Waals surface area contributed by atoms with Crippen molar-refractivity contribution in [2.75, 3.05) is 13.1 Å². The number of aromatic nitrogens is 1. The average molecular weight is 236 g/mol. The van der Waals surface area contributed by atoms with Gasteiger partial charge in [-0.25, -0.2) is 5.01 Å². The molecule has 0 amide bonds. The van der Waals surface area contributed by atoms with Gasteiger partial charge >= 0.3 is 0 Å². The predicted octanol–water partition coefficient (Wildman–Crippen LogP) is 0.371. The van der Waals surface area contributed by atoms with Crippen molar-refractivity contribution in [2.24, 2.45) is 5.92 Å². The van der Waals surface area contributed by atoms with Crippen LogP contribution < -0.4 is 5.56 Å². The van der Waals surface area contributed by atoms with E-state index in [2.05, 4.69) is 0 Å². The minimum absolute atomic E-state index is 0.0219. The van der Waals surface area contributed by atoms with Crippen molar-refractivity contribution in [3.63, 3.8) is 0 Å². The highest BCUT2D eigenvalue weighted by Crippen LogP contribution is 2.34. The second-order valence-electron chi connectivity index (χ2n) is 4.82. The largest absolute Gasteiger partial charge is 0.748 e. The van der Waals surface area contributed by atoms with Crippen molar-refractivity contribution < 1.29 is 5.21 Å². The van der Waals surface area contributed by atoms with Gasteiger partial charge in [-0.05, 0) is 18.4 Å². The second-order valence-corrected chi connectivity index (χ2v) is 4.82. The van der Waals surface area contributed by atoms with Gasteiger partial charge < -0.3 is 15.0 Å². The first-order valence-corrected chi connectivity index (χ1v) is 5.76. The normalized spacial score (nSPS) is 28.2. The van der Waals surface area contributed by atoms with E-state index in [1.54, 1.807) is 16.7 Å². The molecule has 3 rings (SSSR count). The minimum Gasteiger partial charge on any atom is -0.748 e. The fraction of sp³-hybridized carbons (Fsp3) is 0.545. The van der Waals surface area contributed by atoms with Gasteiger partial charge in [-0.3, -0.25) is 4.79 Å². The molecule has 1 N–H and O–H groups in total. The van der Waals surface area contributed by atoms with Crippen LogP contribution in [0.4, 0.5) is 0 Å². The molecule has 2 aliphatic rings. The summed E-state index contributed by atoms with van der Waals surface area (Å²) >= 11 is 0. The van der Waals surface area contributed by atoms with E-state index in [1.165, 1.54) is 5.01 Å². The first-order valence-electron chi connectivity index (χ1n) is 5.76. The van der Waals surface area contributed by atoms with Gasteiger partial charge in [-0.1, -0.05) is 6.07 Å². The van der Waals surface area contributed by atoms with Gasteiger partial charge in [-0.2, -0.15) is 5.34 Å². The van der Waals surface area contributed by atoms with Crippen LogP contribution in [0.25, 0.3) is 0 Å². The molecule has 0 radical (unpaired) electrons. The minimum atomic E-state index is -0.0735. The van der Waals surface area contributed by atoms with E-state index >= 15 is 0 Å². The van der Waals surface area contributed by atoms with Gasteiger partial charge in [0.15, 0.2) is 0 Å². The maximum Gasteiger partial charge on any atom is 0.250 e. The van der Waals surface area contributed by atoms with Gasteiger partial charge in [0.2, 0.25) is 0 Å². The lowest BCUT2D eigenvalue weighted by molar-refractivity contribution is -0.223. The Morgan fingerprint density at radius 2 is 2.18 bits per heavy atom. The van der Waals surface area contributed by atoms with Crippen molar-refractivity contribution in [3.05, 3.63) is 39.5 Å². The van der Waals surface area contributed by atoms with Crippen molar-refractivity contribution in [3.8, 4) is 0 Å². The second kappa shape index (κ2) is 3.92. The number of piperidine rings is 1. The van der Waals surface area contributed by atoms with Gasteiger partial charge in [0.05, 0.1) is 0 Å². The zero-order chi connectivity index (χ0) is 12.0. The summed E-state index contributed by atoms with van der Waals surface area (Å²) in [4.78, 5) is 11.7. The molecule has 1 saturated heterocycles. The molecule has 1 aromatic rings. The Morgan fingerprint density at radius 1 is 1.35 bits per heavy atom. The Kier molecular flexibility index (Phi) is 2.52. The van der Waals surface area contributed by atoms with Crippen molar-refractivity contribution in [2.45, 2.75) is 18.9 Å². The number of nitrogens with zero attached hydrogens (tertiary/aromatic N) is 3. The average Bonchev–Trinajstić information content (AvgIpc) is 2.30. The first-order chi connectivity index (χ1) is 8.15. The maximum absolute atomic E-state index is 11.7. The molecule has 17 heavy (non-hydrogen) atoms. The third-order valence-electron chi connectivity index (χ3n) is 3.70. The summed E-state index contributed by atoms with van der Waals surface area (Å²) in [6.07, 6.45) is 0.980. The number of hydrogen-bond donors (Lipinski definition) is 1. The van der Waals surface area contributed by atoms with Crippen LogP contribution in [-0.2, 0) is 6.54 Å². The third-order valence-corrected chi connectivity index (χ3v) is 3.70. The number of hydrazine groups is 1. The van der Waals surface area contributed by atoms with Crippen molar-refractivity contribution in [1.82, 2.24) is 14.9 Å². The highest BCUT2D eigenvalue weighted by atomic mass is 16.8. The standard InChI is InChI=1S/C11H14N3O3/c15-11-3-1-2-10-9-4-8(6-13(10)11)5-12(7-9)14(16)17/h1-3,8-9,16H,4-7H2/q-1/t8-,9-/m0/s1. The summed E-state index contributed by atoms with van der Waals surface area (Å²) in [5.74, 6) is 0.407. The van der Waals surface area contributed by atoms with E-state index in [0.717, 1.165) is 12.1 Å². The third kappa shape index (κ3) is 1.79.